The minimum atomic E-state index is -3.82. The lowest BCUT2D eigenvalue weighted by atomic mass is 10.1. The van der Waals surface area contributed by atoms with E-state index in [-0.39, 0.29) is 22.0 Å². The van der Waals surface area contributed by atoms with E-state index in [4.69, 9.17) is 27.9 Å². The normalized spacial score (nSPS) is 15.6. The van der Waals surface area contributed by atoms with Crippen molar-refractivity contribution >= 4 is 51.0 Å². The van der Waals surface area contributed by atoms with Gasteiger partial charge in [-0.15, -0.1) is 0 Å². The summed E-state index contributed by atoms with van der Waals surface area (Å²) >= 11 is 12.2. The van der Waals surface area contributed by atoms with Crippen molar-refractivity contribution in [3.05, 3.63) is 63.6 Å². The molecule has 0 aromatic heterocycles. The summed E-state index contributed by atoms with van der Waals surface area (Å²) in [5.74, 6) is -1.14. The molecule has 1 unspecified atom stereocenters. The average Bonchev–Trinajstić information content (AvgIpc) is 2.79. The smallest absolute Gasteiger partial charge is 0.324 e. The van der Waals surface area contributed by atoms with E-state index in [9.17, 15) is 18.0 Å². The number of ether oxygens (including phenoxy) is 1. The molecule has 2 aromatic carbocycles. The van der Waals surface area contributed by atoms with Crippen LogP contribution in [0, 0.1) is 0 Å². The van der Waals surface area contributed by atoms with Crippen LogP contribution in [0.2, 0.25) is 10.0 Å². The number of hydrogen-bond donors (Lipinski definition) is 2. The van der Waals surface area contributed by atoms with Gasteiger partial charge in [-0.05, 0) is 49.1 Å². The zero-order valence-electron chi connectivity index (χ0n) is 18.0. The van der Waals surface area contributed by atoms with Gasteiger partial charge in [0.1, 0.15) is 6.04 Å². The fourth-order valence-corrected chi connectivity index (χ4v) is 5.54. The first-order chi connectivity index (χ1) is 15.7. The quantitative estimate of drug-likeness (QED) is 0.524. The van der Waals surface area contributed by atoms with Gasteiger partial charge < -0.3 is 10.1 Å². The maximum atomic E-state index is 12.7. The van der Waals surface area contributed by atoms with E-state index in [2.05, 4.69) is 10.0 Å². The van der Waals surface area contributed by atoms with E-state index in [0.29, 0.717) is 24.3 Å². The number of hydrogen-bond acceptors (Lipinski definition) is 5. The fourth-order valence-electron chi connectivity index (χ4n) is 3.54. The number of carbonyl (C=O) groups is 2. The van der Waals surface area contributed by atoms with Gasteiger partial charge in [-0.25, -0.2) is 0 Å². The summed E-state index contributed by atoms with van der Waals surface area (Å²) in [5.41, 5.74) is 1.34. The Kier molecular flexibility index (Phi) is 8.72. The summed E-state index contributed by atoms with van der Waals surface area (Å²) in [6, 6.07) is 10.4. The Morgan fingerprint density at radius 1 is 1.03 bits per heavy atom. The van der Waals surface area contributed by atoms with E-state index in [0.717, 1.165) is 19.3 Å². The highest BCUT2D eigenvalue weighted by molar-refractivity contribution is 7.87. The number of benzene rings is 2. The van der Waals surface area contributed by atoms with Gasteiger partial charge in [-0.3, -0.25) is 9.59 Å². The van der Waals surface area contributed by atoms with Crippen molar-refractivity contribution in [1.82, 2.24) is 9.03 Å². The van der Waals surface area contributed by atoms with Crippen LogP contribution in [-0.2, 0) is 26.2 Å². The zero-order chi connectivity index (χ0) is 24.0. The molecule has 178 valence electrons. The van der Waals surface area contributed by atoms with Gasteiger partial charge in [0, 0.05) is 18.8 Å². The van der Waals surface area contributed by atoms with Crippen LogP contribution >= 0.6 is 23.2 Å². The molecule has 8 nitrogen and oxygen atoms in total. The second kappa shape index (κ2) is 11.3. The van der Waals surface area contributed by atoms with Crippen molar-refractivity contribution in [2.45, 2.75) is 31.7 Å². The number of halogens is 2. The highest BCUT2D eigenvalue weighted by Gasteiger charge is 2.30. The average molecular weight is 514 g/mol. The number of amides is 1. The highest BCUT2D eigenvalue weighted by Crippen LogP contribution is 2.25. The van der Waals surface area contributed by atoms with Crippen LogP contribution in [0.1, 0.15) is 35.2 Å². The van der Waals surface area contributed by atoms with Crippen molar-refractivity contribution < 1.29 is 22.7 Å². The molecule has 11 heteroatoms. The number of carbonyl (C=O) groups excluding carboxylic acids is 2. The molecule has 2 N–H and O–H groups in total. The molecule has 0 bridgehead atoms. The Morgan fingerprint density at radius 3 is 2.21 bits per heavy atom. The van der Waals surface area contributed by atoms with Crippen molar-refractivity contribution in [2.24, 2.45) is 0 Å². The van der Waals surface area contributed by atoms with Crippen molar-refractivity contribution in [1.29, 1.82) is 0 Å². The number of anilines is 1. The number of piperidine rings is 1. The molecule has 2 aromatic rings. The molecule has 1 fully saturated rings. The molecule has 1 heterocycles. The Balaban J connectivity index is 1.69. The lowest BCUT2D eigenvalue weighted by molar-refractivity contribution is -0.142. The molecular weight excluding hydrogens is 489 g/mol. The lowest BCUT2D eigenvalue weighted by Crippen LogP contribution is -2.50. The van der Waals surface area contributed by atoms with Gasteiger partial charge in [-0.1, -0.05) is 47.8 Å². The fraction of sp³-hybridized carbons (Fsp3) is 0.364. The predicted molar refractivity (Wildman–Crippen MR) is 128 cm³/mol. The monoisotopic (exact) mass is 513 g/mol. The van der Waals surface area contributed by atoms with Crippen LogP contribution in [0.3, 0.4) is 0 Å². The summed E-state index contributed by atoms with van der Waals surface area (Å²) in [6.07, 6.45) is 2.65. The van der Waals surface area contributed by atoms with E-state index >= 15 is 0 Å². The summed E-state index contributed by atoms with van der Waals surface area (Å²) in [6.45, 7) is 0.847. The van der Waals surface area contributed by atoms with Crippen molar-refractivity contribution in [3.8, 4) is 0 Å². The maximum absolute atomic E-state index is 12.7. The number of nitrogens with zero attached hydrogens (tertiary/aromatic N) is 1. The largest absolute Gasteiger partial charge is 0.468 e. The Hall–Kier alpha value is -2.17. The zero-order valence-corrected chi connectivity index (χ0v) is 20.3. The number of rotatable bonds is 8. The maximum Gasteiger partial charge on any atom is 0.324 e. The second-order valence-corrected chi connectivity index (χ2v) is 10.1. The molecule has 1 aliphatic heterocycles. The first-order valence-electron chi connectivity index (χ1n) is 10.4. The molecule has 0 radical (unpaired) electrons. The molecule has 1 atom stereocenters. The van der Waals surface area contributed by atoms with E-state index in [1.54, 1.807) is 42.5 Å². The molecular formula is C22H25Cl2N3O5S. The van der Waals surface area contributed by atoms with Gasteiger partial charge in [0.25, 0.3) is 16.1 Å². The van der Waals surface area contributed by atoms with Gasteiger partial charge in [0.05, 0.1) is 22.7 Å². The molecule has 1 amide bonds. The first-order valence-corrected chi connectivity index (χ1v) is 12.6. The Labute approximate surface area is 203 Å². The highest BCUT2D eigenvalue weighted by atomic mass is 35.5. The van der Waals surface area contributed by atoms with E-state index < -0.39 is 28.1 Å². The molecule has 0 aliphatic carbocycles. The van der Waals surface area contributed by atoms with Crippen molar-refractivity contribution in [2.75, 3.05) is 25.5 Å². The topological polar surface area (TPSA) is 105 Å². The minimum absolute atomic E-state index is 0.0876. The van der Waals surface area contributed by atoms with Gasteiger partial charge >= 0.3 is 5.97 Å². The van der Waals surface area contributed by atoms with E-state index in [1.807, 2.05) is 0 Å². The van der Waals surface area contributed by atoms with E-state index in [1.165, 1.54) is 11.4 Å². The van der Waals surface area contributed by atoms with Crippen LogP contribution < -0.4 is 10.0 Å². The lowest BCUT2D eigenvalue weighted by Gasteiger charge is -2.28. The molecule has 33 heavy (non-hydrogen) atoms. The van der Waals surface area contributed by atoms with Crippen LogP contribution in [-0.4, -0.2) is 50.8 Å². The molecule has 3 rings (SSSR count). The third kappa shape index (κ3) is 6.68. The minimum Gasteiger partial charge on any atom is -0.468 e. The van der Waals surface area contributed by atoms with Crippen LogP contribution in [0.25, 0.3) is 0 Å². The standard InChI is InChI=1S/C22H25Cl2N3O5S/c1-32-22(29)19(26-33(30,31)27-12-3-2-4-13-27)14-15-8-10-16(11-9-15)25-21(28)20-17(23)6-5-7-18(20)24/h5-11,19,26H,2-4,12-14H2,1H3,(H,25,28). The molecule has 1 saturated heterocycles. The SMILES string of the molecule is COC(=O)C(Cc1ccc(NC(=O)c2c(Cl)cccc2Cl)cc1)NS(=O)(=O)N1CCCCC1. The van der Waals surface area contributed by atoms with Crippen molar-refractivity contribution in [3.63, 3.8) is 0 Å². The summed E-state index contributed by atoms with van der Waals surface area (Å²) in [7, 11) is -2.61. The number of esters is 1. The number of methoxy groups -OCH3 is 1. The molecule has 0 saturated carbocycles. The molecule has 0 spiro atoms. The van der Waals surface area contributed by atoms with Crippen LogP contribution in [0.5, 0.6) is 0 Å². The van der Waals surface area contributed by atoms with Gasteiger partial charge in [0.15, 0.2) is 0 Å². The summed E-state index contributed by atoms with van der Waals surface area (Å²) in [4.78, 5) is 24.8. The second-order valence-electron chi connectivity index (χ2n) is 7.61. The molecule has 1 aliphatic rings. The Bertz CT molecular complexity index is 1080. The third-order valence-corrected chi connectivity index (χ3v) is 7.53. The van der Waals surface area contributed by atoms with Gasteiger partial charge in [-0.2, -0.15) is 17.4 Å². The third-order valence-electron chi connectivity index (χ3n) is 5.27. The predicted octanol–water partition coefficient (Wildman–Crippen LogP) is 3.65. The van der Waals surface area contributed by atoms with Crippen LogP contribution in [0.15, 0.2) is 42.5 Å². The number of nitrogens with one attached hydrogen (secondary N) is 2. The summed E-state index contributed by atoms with van der Waals surface area (Å²) < 4.78 is 34.0. The van der Waals surface area contributed by atoms with Crippen LogP contribution in [0.4, 0.5) is 5.69 Å². The Morgan fingerprint density at radius 2 is 1.64 bits per heavy atom. The first kappa shape index (κ1) is 25.5. The summed E-state index contributed by atoms with van der Waals surface area (Å²) in [5, 5.41) is 3.19. The van der Waals surface area contributed by atoms with Gasteiger partial charge in [0.2, 0.25) is 0 Å².